The number of hydrogen-bond donors (Lipinski definition) is 0. The lowest BCUT2D eigenvalue weighted by molar-refractivity contribution is 0.0789. The van der Waals surface area contributed by atoms with E-state index in [9.17, 15) is 4.79 Å². The van der Waals surface area contributed by atoms with E-state index in [1.54, 1.807) is 7.11 Å². The van der Waals surface area contributed by atoms with Crippen LogP contribution in [-0.4, -0.2) is 31.0 Å². The minimum Gasteiger partial charge on any atom is -0.495 e. The zero-order valence-electron chi connectivity index (χ0n) is 9.20. The number of ether oxygens (including phenoxy) is 1. The molecule has 86 valence electrons. The summed E-state index contributed by atoms with van der Waals surface area (Å²) in [5, 5.41) is 0. The standard InChI is InChI=1S/C12H14INO2/c1-16-11-9(5-4-6-10(11)13)12(15)14-7-2-3-8-14/h4-6H,2-3,7-8H2,1H3. The molecule has 1 amide bonds. The minimum absolute atomic E-state index is 0.0906. The van der Waals surface area contributed by atoms with E-state index in [0.29, 0.717) is 11.3 Å². The van der Waals surface area contributed by atoms with Crippen molar-refractivity contribution in [3.63, 3.8) is 0 Å². The Hall–Kier alpha value is -0.780. The molecule has 0 N–H and O–H groups in total. The molecule has 1 aliphatic heterocycles. The first-order valence-corrected chi connectivity index (χ1v) is 6.43. The summed E-state index contributed by atoms with van der Waals surface area (Å²) < 4.78 is 6.28. The molecule has 1 aromatic rings. The zero-order chi connectivity index (χ0) is 11.5. The van der Waals surface area contributed by atoms with Crippen molar-refractivity contribution in [1.29, 1.82) is 0 Å². The number of likely N-dealkylation sites (tertiary alicyclic amines) is 1. The van der Waals surface area contributed by atoms with Crippen LogP contribution in [0.15, 0.2) is 18.2 Å². The third-order valence-electron chi connectivity index (χ3n) is 2.79. The topological polar surface area (TPSA) is 29.5 Å². The first kappa shape index (κ1) is 11.7. The van der Waals surface area contributed by atoms with E-state index in [0.717, 1.165) is 29.5 Å². The number of benzene rings is 1. The fourth-order valence-electron chi connectivity index (χ4n) is 1.98. The molecule has 0 radical (unpaired) electrons. The van der Waals surface area contributed by atoms with Gasteiger partial charge in [-0.2, -0.15) is 0 Å². The lowest BCUT2D eigenvalue weighted by atomic mass is 10.2. The molecule has 1 saturated heterocycles. The molecule has 0 aromatic heterocycles. The minimum atomic E-state index is 0.0906. The quantitative estimate of drug-likeness (QED) is 0.780. The van der Waals surface area contributed by atoms with Crippen LogP contribution in [0.25, 0.3) is 0 Å². The van der Waals surface area contributed by atoms with Crippen molar-refractivity contribution in [1.82, 2.24) is 4.90 Å². The van der Waals surface area contributed by atoms with Gasteiger partial charge in [-0.15, -0.1) is 0 Å². The Balaban J connectivity index is 2.31. The number of nitrogens with zero attached hydrogens (tertiary/aromatic N) is 1. The summed E-state index contributed by atoms with van der Waals surface area (Å²) in [6, 6.07) is 5.68. The Morgan fingerprint density at radius 2 is 2.06 bits per heavy atom. The van der Waals surface area contributed by atoms with Crippen LogP contribution in [0.5, 0.6) is 5.75 Å². The third-order valence-corrected chi connectivity index (χ3v) is 3.64. The van der Waals surface area contributed by atoms with Gasteiger partial charge >= 0.3 is 0 Å². The van der Waals surface area contributed by atoms with Crippen LogP contribution in [0, 0.1) is 3.57 Å². The van der Waals surface area contributed by atoms with Gasteiger partial charge in [0.1, 0.15) is 5.75 Å². The van der Waals surface area contributed by atoms with Crippen LogP contribution < -0.4 is 4.74 Å². The van der Waals surface area contributed by atoms with Gasteiger partial charge in [-0.05, 0) is 47.6 Å². The Morgan fingerprint density at radius 1 is 1.38 bits per heavy atom. The fraction of sp³-hybridized carbons (Fsp3) is 0.417. The maximum absolute atomic E-state index is 12.2. The van der Waals surface area contributed by atoms with E-state index >= 15 is 0 Å². The molecule has 0 bridgehead atoms. The van der Waals surface area contributed by atoms with Gasteiger partial charge in [0.05, 0.1) is 16.2 Å². The predicted molar refractivity (Wildman–Crippen MR) is 70.8 cm³/mol. The Kier molecular flexibility index (Phi) is 3.68. The molecule has 1 aliphatic rings. The molecule has 0 atom stereocenters. The molecule has 2 rings (SSSR count). The lowest BCUT2D eigenvalue weighted by Crippen LogP contribution is -2.28. The van der Waals surface area contributed by atoms with Gasteiger partial charge in [0.15, 0.2) is 0 Å². The maximum atomic E-state index is 12.2. The van der Waals surface area contributed by atoms with E-state index < -0.39 is 0 Å². The largest absolute Gasteiger partial charge is 0.495 e. The molecule has 0 spiro atoms. The van der Waals surface area contributed by atoms with Gasteiger partial charge < -0.3 is 9.64 Å². The summed E-state index contributed by atoms with van der Waals surface area (Å²) in [6.07, 6.45) is 2.22. The number of amides is 1. The van der Waals surface area contributed by atoms with E-state index in [2.05, 4.69) is 22.6 Å². The van der Waals surface area contributed by atoms with Crippen molar-refractivity contribution in [2.45, 2.75) is 12.8 Å². The second-order valence-electron chi connectivity index (χ2n) is 3.82. The molecule has 1 aromatic carbocycles. The monoisotopic (exact) mass is 331 g/mol. The molecule has 0 unspecified atom stereocenters. The van der Waals surface area contributed by atoms with Gasteiger partial charge in [0, 0.05) is 13.1 Å². The van der Waals surface area contributed by atoms with Crippen LogP contribution in [0.3, 0.4) is 0 Å². The van der Waals surface area contributed by atoms with Crippen molar-refractivity contribution >= 4 is 28.5 Å². The highest BCUT2D eigenvalue weighted by molar-refractivity contribution is 14.1. The number of hydrogen-bond acceptors (Lipinski definition) is 2. The highest BCUT2D eigenvalue weighted by Crippen LogP contribution is 2.27. The number of methoxy groups -OCH3 is 1. The Labute approximate surface area is 109 Å². The number of halogens is 1. The van der Waals surface area contributed by atoms with Crippen LogP contribution in [-0.2, 0) is 0 Å². The molecular weight excluding hydrogens is 317 g/mol. The maximum Gasteiger partial charge on any atom is 0.257 e. The second kappa shape index (κ2) is 5.03. The van der Waals surface area contributed by atoms with Crippen LogP contribution in [0.2, 0.25) is 0 Å². The summed E-state index contributed by atoms with van der Waals surface area (Å²) in [5.74, 6) is 0.785. The molecule has 4 heteroatoms. The lowest BCUT2D eigenvalue weighted by Gasteiger charge is -2.17. The summed E-state index contributed by atoms with van der Waals surface area (Å²) in [5.41, 5.74) is 0.677. The zero-order valence-corrected chi connectivity index (χ0v) is 11.4. The van der Waals surface area contributed by atoms with E-state index in [-0.39, 0.29) is 5.91 Å². The third kappa shape index (κ3) is 2.16. The van der Waals surface area contributed by atoms with Crippen molar-refractivity contribution in [3.05, 3.63) is 27.3 Å². The first-order valence-electron chi connectivity index (χ1n) is 5.36. The first-order chi connectivity index (χ1) is 7.74. The summed E-state index contributed by atoms with van der Waals surface area (Å²) in [6.45, 7) is 1.74. The number of rotatable bonds is 2. The average molecular weight is 331 g/mol. The van der Waals surface area contributed by atoms with Gasteiger partial charge in [0.2, 0.25) is 0 Å². The van der Waals surface area contributed by atoms with E-state index in [4.69, 9.17) is 4.74 Å². The second-order valence-corrected chi connectivity index (χ2v) is 4.98. The van der Waals surface area contributed by atoms with Gasteiger partial charge in [0.25, 0.3) is 5.91 Å². The Morgan fingerprint density at radius 3 is 2.69 bits per heavy atom. The van der Waals surface area contributed by atoms with Crippen molar-refractivity contribution in [2.75, 3.05) is 20.2 Å². The highest BCUT2D eigenvalue weighted by atomic mass is 127. The van der Waals surface area contributed by atoms with E-state index in [1.807, 2.05) is 23.1 Å². The predicted octanol–water partition coefficient (Wildman–Crippen LogP) is 2.54. The molecule has 3 nitrogen and oxygen atoms in total. The van der Waals surface area contributed by atoms with Crippen LogP contribution >= 0.6 is 22.6 Å². The van der Waals surface area contributed by atoms with Crippen molar-refractivity contribution < 1.29 is 9.53 Å². The molecular formula is C12H14INO2. The van der Waals surface area contributed by atoms with Gasteiger partial charge in [-0.25, -0.2) is 0 Å². The normalized spacial score (nSPS) is 15.2. The number of carbonyl (C=O) groups is 1. The van der Waals surface area contributed by atoms with Crippen molar-refractivity contribution in [3.8, 4) is 5.75 Å². The van der Waals surface area contributed by atoms with Crippen LogP contribution in [0.4, 0.5) is 0 Å². The van der Waals surface area contributed by atoms with Gasteiger partial charge in [-0.3, -0.25) is 4.79 Å². The van der Waals surface area contributed by atoms with Crippen molar-refractivity contribution in [2.24, 2.45) is 0 Å². The number of para-hydroxylation sites is 1. The smallest absolute Gasteiger partial charge is 0.257 e. The number of carbonyl (C=O) groups excluding carboxylic acids is 1. The molecule has 0 aliphatic carbocycles. The molecule has 0 saturated carbocycles. The fourth-order valence-corrected chi connectivity index (χ4v) is 2.69. The summed E-state index contributed by atoms with van der Waals surface area (Å²) >= 11 is 2.19. The summed E-state index contributed by atoms with van der Waals surface area (Å²) in [4.78, 5) is 14.1. The van der Waals surface area contributed by atoms with E-state index in [1.165, 1.54) is 0 Å². The molecule has 16 heavy (non-hydrogen) atoms. The van der Waals surface area contributed by atoms with Gasteiger partial charge in [-0.1, -0.05) is 6.07 Å². The van der Waals surface area contributed by atoms with Crippen LogP contribution in [0.1, 0.15) is 23.2 Å². The molecule has 1 heterocycles. The average Bonchev–Trinajstić information content (AvgIpc) is 2.81. The Bertz CT molecular complexity index is 400. The molecule has 1 fully saturated rings. The SMILES string of the molecule is COc1c(I)cccc1C(=O)N1CCCC1. The highest BCUT2D eigenvalue weighted by Gasteiger charge is 2.23. The summed E-state index contributed by atoms with van der Waals surface area (Å²) in [7, 11) is 1.61.